The van der Waals surface area contributed by atoms with Crippen molar-refractivity contribution in [3.05, 3.63) is 71.3 Å². The number of hydrogen-bond acceptors (Lipinski definition) is 4. The van der Waals surface area contributed by atoms with Crippen LogP contribution in [0.15, 0.2) is 54.6 Å². The summed E-state index contributed by atoms with van der Waals surface area (Å²) < 4.78 is 44.5. The number of carbonyl (C=O) groups is 2. The van der Waals surface area contributed by atoms with E-state index in [0.717, 1.165) is 44.5 Å². The normalized spacial score (nSPS) is 23.6. The second kappa shape index (κ2) is 10.7. The minimum absolute atomic E-state index is 0.0895. The van der Waals surface area contributed by atoms with Gasteiger partial charge in [-0.1, -0.05) is 36.4 Å². The maximum atomic E-state index is 12.8. The number of nitrogens with one attached hydrogen (secondary N) is 1. The van der Waals surface area contributed by atoms with Crippen LogP contribution in [-0.4, -0.2) is 48.9 Å². The maximum Gasteiger partial charge on any atom is 0.416 e. The highest BCUT2D eigenvalue weighted by atomic mass is 19.4. The van der Waals surface area contributed by atoms with Gasteiger partial charge in [-0.3, -0.25) is 14.5 Å². The van der Waals surface area contributed by atoms with E-state index in [9.17, 15) is 22.8 Å². The van der Waals surface area contributed by atoms with Crippen LogP contribution in [0.5, 0.6) is 0 Å². The molecule has 3 atom stereocenters. The Morgan fingerprint density at radius 1 is 1.06 bits per heavy atom. The molecule has 0 spiro atoms. The van der Waals surface area contributed by atoms with Gasteiger partial charge >= 0.3 is 6.18 Å². The fraction of sp³-hybridized carbons (Fsp3) is 0.462. The molecule has 2 aromatic carbocycles. The van der Waals surface area contributed by atoms with Gasteiger partial charge in [0, 0.05) is 31.2 Å². The fourth-order valence-corrected chi connectivity index (χ4v) is 4.88. The Balaban J connectivity index is 1.23. The second-order valence-corrected chi connectivity index (χ2v) is 9.10. The molecular formula is C26H29F3N2O3. The lowest BCUT2D eigenvalue weighted by atomic mass is 9.96. The summed E-state index contributed by atoms with van der Waals surface area (Å²) in [7, 11) is 0. The van der Waals surface area contributed by atoms with Crippen LogP contribution in [0.3, 0.4) is 0 Å². The third-order valence-corrected chi connectivity index (χ3v) is 6.68. The molecule has 1 amide bonds. The van der Waals surface area contributed by atoms with Crippen LogP contribution >= 0.6 is 0 Å². The number of ketones is 1. The van der Waals surface area contributed by atoms with Gasteiger partial charge in [0.05, 0.1) is 18.2 Å². The molecule has 0 saturated carbocycles. The van der Waals surface area contributed by atoms with E-state index in [1.807, 2.05) is 18.2 Å². The highest BCUT2D eigenvalue weighted by Gasteiger charge is 2.34. The van der Waals surface area contributed by atoms with Gasteiger partial charge in [0.15, 0.2) is 5.78 Å². The van der Waals surface area contributed by atoms with E-state index in [4.69, 9.17) is 4.74 Å². The summed E-state index contributed by atoms with van der Waals surface area (Å²) in [6.07, 6.45) is -1.27. The lowest BCUT2D eigenvalue weighted by molar-refractivity contribution is -0.137. The van der Waals surface area contributed by atoms with Gasteiger partial charge in [0.1, 0.15) is 0 Å². The third kappa shape index (κ3) is 6.24. The molecule has 2 unspecified atom stereocenters. The van der Waals surface area contributed by atoms with Gasteiger partial charge in [-0.15, -0.1) is 0 Å². The molecule has 2 aromatic rings. The van der Waals surface area contributed by atoms with Crippen LogP contribution in [0.25, 0.3) is 0 Å². The number of hydrogen-bond donors (Lipinski definition) is 1. The number of amides is 1. The minimum Gasteiger partial charge on any atom is -0.373 e. The first kappa shape index (κ1) is 24.4. The van der Waals surface area contributed by atoms with Crippen molar-refractivity contribution in [1.29, 1.82) is 0 Å². The molecule has 2 aliphatic rings. The Morgan fingerprint density at radius 3 is 2.62 bits per heavy atom. The standard InChI is InChI=1S/C26H29F3N2O3/c27-26(28,29)21-8-4-7-20(14-21)25(33)30-16-23(32)13-18-9-11-31(17-18)22-10-12-34-24(15-22)19-5-2-1-3-6-19/h1-8,14,18,22,24H,9-13,15-17H2,(H,30,33)/t18-,22?,24?/m0/s1. The molecule has 2 heterocycles. The molecule has 0 aliphatic carbocycles. The first-order chi connectivity index (χ1) is 16.3. The average molecular weight is 475 g/mol. The number of carbonyl (C=O) groups excluding carboxylic acids is 2. The number of ether oxygens (including phenoxy) is 1. The molecule has 1 N–H and O–H groups in total. The molecule has 2 fully saturated rings. The van der Waals surface area contributed by atoms with Gasteiger partial charge in [0.25, 0.3) is 5.91 Å². The van der Waals surface area contributed by atoms with Crippen molar-refractivity contribution < 1.29 is 27.5 Å². The number of Topliss-reactive ketones (excluding diaryl/α,β-unsaturated/α-hetero) is 1. The SMILES string of the molecule is O=C(CNC(=O)c1cccc(C(F)(F)F)c1)C[C@@H]1CCN(C2CCOC(c3ccccc3)C2)C1. The molecule has 0 aromatic heterocycles. The lowest BCUT2D eigenvalue weighted by Crippen LogP contribution is -2.39. The van der Waals surface area contributed by atoms with Crippen LogP contribution in [0.1, 0.15) is 53.3 Å². The van der Waals surface area contributed by atoms with Crippen molar-refractivity contribution in [2.45, 2.75) is 44.0 Å². The summed E-state index contributed by atoms with van der Waals surface area (Å²) in [5.74, 6) is -0.570. The minimum atomic E-state index is -4.52. The number of alkyl halides is 3. The number of rotatable bonds is 7. The van der Waals surface area contributed by atoms with Crippen LogP contribution in [-0.2, 0) is 15.7 Å². The van der Waals surface area contributed by atoms with Gasteiger partial charge in [-0.2, -0.15) is 13.2 Å². The monoisotopic (exact) mass is 474 g/mol. The van der Waals surface area contributed by atoms with Crippen molar-refractivity contribution in [3.63, 3.8) is 0 Å². The Kier molecular flexibility index (Phi) is 7.68. The predicted octanol–water partition coefficient (Wildman–Crippen LogP) is 4.64. The van der Waals surface area contributed by atoms with E-state index in [2.05, 4.69) is 22.3 Å². The van der Waals surface area contributed by atoms with E-state index in [-0.39, 0.29) is 29.9 Å². The van der Waals surface area contributed by atoms with Gasteiger partial charge in [0.2, 0.25) is 0 Å². The highest BCUT2D eigenvalue weighted by molar-refractivity contribution is 5.96. The molecule has 5 nitrogen and oxygen atoms in total. The third-order valence-electron chi connectivity index (χ3n) is 6.68. The average Bonchev–Trinajstić information content (AvgIpc) is 3.31. The zero-order valence-electron chi connectivity index (χ0n) is 18.9. The topological polar surface area (TPSA) is 58.6 Å². The highest BCUT2D eigenvalue weighted by Crippen LogP contribution is 2.33. The first-order valence-corrected chi connectivity index (χ1v) is 11.7. The van der Waals surface area contributed by atoms with E-state index in [1.165, 1.54) is 17.7 Å². The molecule has 4 rings (SSSR count). The molecule has 2 aliphatic heterocycles. The molecule has 2 saturated heterocycles. The van der Waals surface area contributed by atoms with Crippen LogP contribution in [0.4, 0.5) is 13.2 Å². The summed E-state index contributed by atoms with van der Waals surface area (Å²) >= 11 is 0. The number of nitrogens with zero attached hydrogens (tertiary/aromatic N) is 1. The van der Waals surface area contributed by atoms with E-state index < -0.39 is 17.6 Å². The Hall–Kier alpha value is -2.71. The maximum absolute atomic E-state index is 12.8. The second-order valence-electron chi connectivity index (χ2n) is 9.10. The Bertz CT molecular complexity index is 996. The van der Waals surface area contributed by atoms with E-state index in [0.29, 0.717) is 19.1 Å². The Labute approximate surface area is 197 Å². The number of benzene rings is 2. The summed E-state index contributed by atoms with van der Waals surface area (Å²) in [5.41, 5.74) is 0.192. The zero-order valence-corrected chi connectivity index (χ0v) is 18.9. The van der Waals surface area contributed by atoms with Crippen molar-refractivity contribution in [2.75, 3.05) is 26.2 Å². The summed E-state index contributed by atoms with van der Waals surface area (Å²) in [6, 6.07) is 14.8. The number of likely N-dealkylation sites (tertiary alicyclic amines) is 1. The summed E-state index contributed by atoms with van der Waals surface area (Å²) in [5, 5.41) is 2.46. The van der Waals surface area contributed by atoms with Crippen LogP contribution in [0.2, 0.25) is 0 Å². The summed E-state index contributed by atoms with van der Waals surface area (Å²) in [6.45, 7) is 2.30. The van der Waals surface area contributed by atoms with Crippen molar-refractivity contribution in [1.82, 2.24) is 10.2 Å². The molecule has 182 valence electrons. The van der Waals surface area contributed by atoms with Crippen molar-refractivity contribution in [3.8, 4) is 0 Å². The summed E-state index contributed by atoms with van der Waals surface area (Å²) in [4.78, 5) is 27.1. The van der Waals surface area contributed by atoms with Gasteiger partial charge in [-0.05, 0) is 55.5 Å². The van der Waals surface area contributed by atoms with E-state index >= 15 is 0 Å². The zero-order chi connectivity index (χ0) is 24.1. The molecule has 0 bridgehead atoms. The van der Waals surface area contributed by atoms with Gasteiger partial charge in [-0.25, -0.2) is 0 Å². The van der Waals surface area contributed by atoms with Crippen molar-refractivity contribution in [2.24, 2.45) is 5.92 Å². The molecule has 0 radical (unpaired) electrons. The lowest BCUT2D eigenvalue weighted by Gasteiger charge is -2.35. The molecule has 34 heavy (non-hydrogen) atoms. The largest absolute Gasteiger partial charge is 0.416 e. The smallest absolute Gasteiger partial charge is 0.373 e. The fourth-order valence-electron chi connectivity index (χ4n) is 4.88. The van der Waals surface area contributed by atoms with Crippen LogP contribution < -0.4 is 5.32 Å². The predicted molar refractivity (Wildman–Crippen MR) is 121 cm³/mol. The van der Waals surface area contributed by atoms with Crippen molar-refractivity contribution >= 4 is 11.7 Å². The van der Waals surface area contributed by atoms with E-state index in [1.54, 1.807) is 0 Å². The molecule has 8 heteroatoms. The first-order valence-electron chi connectivity index (χ1n) is 11.7. The molecular weight excluding hydrogens is 445 g/mol. The van der Waals surface area contributed by atoms with Gasteiger partial charge < -0.3 is 10.1 Å². The quantitative estimate of drug-likeness (QED) is 0.636. The number of halogens is 3. The Morgan fingerprint density at radius 2 is 1.85 bits per heavy atom. The van der Waals surface area contributed by atoms with Crippen LogP contribution in [0, 0.1) is 5.92 Å².